The third-order valence-corrected chi connectivity index (χ3v) is 11.4. The predicted molar refractivity (Wildman–Crippen MR) is 228 cm³/mol. The van der Waals surface area contributed by atoms with Gasteiger partial charge in [0.25, 0.3) is 11.8 Å². The summed E-state index contributed by atoms with van der Waals surface area (Å²) < 4.78 is 24.4. The second-order valence-electron chi connectivity index (χ2n) is 17.1. The fourth-order valence-electron chi connectivity index (χ4n) is 8.69. The second-order valence-corrected chi connectivity index (χ2v) is 17.1. The standard InChI is InChI=1S/C47H51N5O6/c1-46(2,27-57-42-20-38-36(18-40(42)55-6)44(53)51-24-31-11-9-8-10-30(31)16-34(51)22-49-38)26-47(3,4)28-58-43-21-39-37(19-41(43)56-7)45(54)52-25-32(17-35(52)23-50-39)29-12-14-33(48-5)15-13-29/h8-15,18-23,25,34-35,48H,16-17,24,26-28H2,1-7H3/t34-,35?/m0/s1. The SMILES string of the molecule is CNc1ccc(C2=CN3C(=O)c4cc(OC)c(OCC(C)(C)CC(C)(C)COc5cc6c(cc5OC)C(=O)N5Cc7ccccc7C[C@H]5C=N6)cc4N=CC3C2)cc1. The van der Waals surface area contributed by atoms with Crippen LogP contribution in [0.5, 0.6) is 23.0 Å². The van der Waals surface area contributed by atoms with Gasteiger partial charge in [-0.15, -0.1) is 0 Å². The maximum absolute atomic E-state index is 13.9. The van der Waals surface area contributed by atoms with Crippen LogP contribution >= 0.6 is 0 Å². The van der Waals surface area contributed by atoms with E-state index in [0.29, 0.717) is 71.7 Å². The van der Waals surface area contributed by atoms with Gasteiger partial charge in [0.2, 0.25) is 0 Å². The third kappa shape index (κ3) is 7.65. The van der Waals surface area contributed by atoms with Crippen molar-refractivity contribution in [2.24, 2.45) is 20.8 Å². The minimum atomic E-state index is -0.282. The smallest absolute Gasteiger partial charge is 0.260 e. The molecule has 1 unspecified atom stereocenters. The molecule has 4 aliphatic heterocycles. The van der Waals surface area contributed by atoms with Gasteiger partial charge in [-0.1, -0.05) is 64.1 Å². The van der Waals surface area contributed by atoms with Crippen molar-refractivity contribution < 1.29 is 28.5 Å². The molecule has 0 bridgehead atoms. The summed E-state index contributed by atoms with van der Waals surface area (Å²) in [6.45, 7) is 9.96. The lowest BCUT2D eigenvalue weighted by Crippen LogP contribution is -2.44. The first-order chi connectivity index (χ1) is 27.8. The summed E-state index contributed by atoms with van der Waals surface area (Å²) in [5.74, 6) is 1.84. The Morgan fingerprint density at radius 2 is 1.28 bits per heavy atom. The number of hydrogen-bond donors (Lipinski definition) is 1. The first-order valence-electron chi connectivity index (χ1n) is 19.8. The molecule has 8 rings (SSSR count). The number of carbonyl (C=O) groups excluding carboxylic acids is 2. The molecule has 0 aromatic heterocycles. The van der Waals surface area contributed by atoms with Crippen LogP contribution in [0.15, 0.2) is 89.0 Å². The summed E-state index contributed by atoms with van der Waals surface area (Å²) in [4.78, 5) is 41.0. The van der Waals surface area contributed by atoms with Crippen molar-refractivity contribution in [3.8, 4) is 23.0 Å². The second kappa shape index (κ2) is 15.3. The number of ether oxygens (including phenoxy) is 4. The monoisotopic (exact) mass is 781 g/mol. The van der Waals surface area contributed by atoms with Crippen molar-refractivity contribution in [3.63, 3.8) is 0 Å². The Labute approximate surface area is 340 Å². The molecule has 0 aliphatic carbocycles. The minimum Gasteiger partial charge on any atom is -0.493 e. The summed E-state index contributed by atoms with van der Waals surface area (Å²) in [7, 11) is 5.06. The molecule has 0 spiro atoms. The van der Waals surface area contributed by atoms with Crippen molar-refractivity contribution in [3.05, 3.63) is 107 Å². The quantitative estimate of drug-likeness (QED) is 0.153. The van der Waals surface area contributed by atoms with Crippen LogP contribution in [0.1, 0.15) is 77.9 Å². The number of aliphatic imine (C=N–C) groups is 2. The molecule has 0 fully saturated rings. The number of fused-ring (bicyclic) bond motifs is 5. The van der Waals surface area contributed by atoms with Crippen molar-refractivity contribution in [2.75, 3.05) is 39.8 Å². The molecule has 300 valence electrons. The van der Waals surface area contributed by atoms with Crippen LogP contribution in [0, 0.1) is 10.8 Å². The molecule has 0 radical (unpaired) electrons. The van der Waals surface area contributed by atoms with E-state index in [0.717, 1.165) is 35.2 Å². The zero-order chi connectivity index (χ0) is 40.8. The fraction of sp³-hybridized carbons (Fsp3) is 0.362. The van der Waals surface area contributed by atoms with Gasteiger partial charge >= 0.3 is 0 Å². The Bertz CT molecular complexity index is 2350. The van der Waals surface area contributed by atoms with E-state index in [1.54, 1.807) is 37.3 Å². The summed E-state index contributed by atoms with van der Waals surface area (Å²) >= 11 is 0. The van der Waals surface area contributed by atoms with E-state index < -0.39 is 0 Å². The largest absolute Gasteiger partial charge is 0.493 e. The summed E-state index contributed by atoms with van der Waals surface area (Å²) in [5, 5.41) is 3.15. The zero-order valence-electron chi connectivity index (χ0n) is 34.3. The summed E-state index contributed by atoms with van der Waals surface area (Å²) in [5.41, 5.74) is 7.14. The van der Waals surface area contributed by atoms with Crippen molar-refractivity contribution in [1.82, 2.24) is 9.80 Å². The highest BCUT2D eigenvalue weighted by molar-refractivity contribution is 6.06. The predicted octanol–water partition coefficient (Wildman–Crippen LogP) is 8.90. The van der Waals surface area contributed by atoms with Crippen LogP contribution in [0.25, 0.3) is 5.57 Å². The van der Waals surface area contributed by atoms with Crippen molar-refractivity contribution >= 4 is 46.9 Å². The topological polar surface area (TPSA) is 114 Å². The van der Waals surface area contributed by atoms with Gasteiger partial charge in [-0.3, -0.25) is 19.6 Å². The van der Waals surface area contributed by atoms with Crippen LogP contribution in [-0.4, -0.2) is 80.6 Å². The summed E-state index contributed by atoms with van der Waals surface area (Å²) in [6, 6.07) is 23.3. The minimum absolute atomic E-state index is 0.0676. The van der Waals surface area contributed by atoms with Gasteiger partial charge in [-0.2, -0.15) is 0 Å². The lowest BCUT2D eigenvalue weighted by atomic mass is 9.76. The maximum atomic E-state index is 13.9. The van der Waals surface area contributed by atoms with Gasteiger partial charge in [0.05, 0.1) is 62.0 Å². The van der Waals surface area contributed by atoms with Gasteiger partial charge in [0.1, 0.15) is 0 Å². The van der Waals surface area contributed by atoms with Crippen LogP contribution < -0.4 is 24.3 Å². The highest BCUT2D eigenvalue weighted by Crippen LogP contribution is 2.43. The Balaban J connectivity index is 0.926. The number of nitrogens with zero attached hydrogens (tertiary/aromatic N) is 4. The van der Waals surface area contributed by atoms with E-state index in [1.807, 2.05) is 60.9 Å². The van der Waals surface area contributed by atoms with Crippen LogP contribution in [0.4, 0.5) is 17.1 Å². The lowest BCUT2D eigenvalue weighted by Gasteiger charge is -2.35. The van der Waals surface area contributed by atoms with Crippen LogP contribution in [-0.2, 0) is 13.0 Å². The lowest BCUT2D eigenvalue weighted by molar-refractivity contribution is 0.0702. The van der Waals surface area contributed by atoms with E-state index >= 15 is 0 Å². The van der Waals surface area contributed by atoms with Gasteiger partial charge in [0.15, 0.2) is 23.0 Å². The molecule has 4 aromatic rings. The molecule has 58 heavy (non-hydrogen) atoms. The van der Waals surface area contributed by atoms with Gasteiger partial charge in [-0.25, -0.2) is 0 Å². The third-order valence-electron chi connectivity index (χ3n) is 11.4. The number of carbonyl (C=O) groups is 2. The normalized spacial score (nSPS) is 18.2. The van der Waals surface area contributed by atoms with E-state index in [1.165, 1.54) is 5.56 Å². The highest BCUT2D eigenvalue weighted by Gasteiger charge is 2.36. The van der Waals surface area contributed by atoms with Crippen molar-refractivity contribution in [1.29, 1.82) is 0 Å². The number of methoxy groups -OCH3 is 2. The molecule has 0 saturated carbocycles. The van der Waals surface area contributed by atoms with E-state index in [-0.39, 0.29) is 34.7 Å². The molecule has 4 aromatic carbocycles. The van der Waals surface area contributed by atoms with Gasteiger partial charge in [0, 0.05) is 56.5 Å². The first kappa shape index (κ1) is 38.8. The highest BCUT2D eigenvalue weighted by atomic mass is 16.5. The Morgan fingerprint density at radius 3 is 1.86 bits per heavy atom. The average Bonchev–Trinajstić information content (AvgIpc) is 3.55. The molecule has 0 saturated heterocycles. The molecule has 2 amide bonds. The van der Waals surface area contributed by atoms with E-state index in [2.05, 4.69) is 57.3 Å². The molecule has 4 heterocycles. The molecule has 1 N–H and O–H groups in total. The Kier molecular flexibility index (Phi) is 10.3. The van der Waals surface area contributed by atoms with Crippen molar-refractivity contribution in [2.45, 2.75) is 65.6 Å². The molecule has 11 nitrogen and oxygen atoms in total. The molecular weight excluding hydrogens is 731 g/mol. The average molecular weight is 782 g/mol. The maximum Gasteiger partial charge on any atom is 0.260 e. The summed E-state index contributed by atoms with van der Waals surface area (Å²) in [6.07, 6.45) is 7.84. The number of amides is 2. The Hall–Kier alpha value is -6.10. The number of anilines is 1. The van der Waals surface area contributed by atoms with Crippen LogP contribution in [0.3, 0.4) is 0 Å². The molecule has 4 aliphatic rings. The number of benzene rings is 4. The molecule has 11 heteroatoms. The Morgan fingerprint density at radius 1 is 0.707 bits per heavy atom. The number of hydrogen-bond acceptors (Lipinski definition) is 9. The van der Waals surface area contributed by atoms with Gasteiger partial charge < -0.3 is 34.1 Å². The van der Waals surface area contributed by atoms with Crippen LogP contribution in [0.2, 0.25) is 0 Å². The number of rotatable bonds is 12. The van der Waals surface area contributed by atoms with E-state index in [4.69, 9.17) is 28.9 Å². The zero-order valence-corrected chi connectivity index (χ0v) is 34.3. The fourth-order valence-corrected chi connectivity index (χ4v) is 8.69. The number of nitrogens with one attached hydrogen (secondary N) is 1. The van der Waals surface area contributed by atoms with E-state index in [9.17, 15) is 9.59 Å². The molecular formula is C47H51N5O6. The molecule has 2 atom stereocenters. The first-order valence-corrected chi connectivity index (χ1v) is 19.8. The van der Waals surface area contributed by atoms with Gasteiger partial charge in [-0.05, 0) is 70.2 Å².